The highest BCUT2D eigenvalue weighted by molar-refractivity contribution is 7.89. The standard InChI is InChI=1S/C14H23N3O2S/c1-16(2)20(18,19)14-11-12(15)7-8-13(14)17-9-5-3-4-6-10-17/h7-8,11H,3-6,9-10,15H2,1-2H3. The number of sulfonamides is 1. The van der Waals surface area contributed by atoms with E-state index in [4.69, 9.17) is 5.73 Å². The van der Waals surface area contributed by atoms with E-state index < -0.39 is 10.0 Å². The molecule has 0 atom stereocenters. The van der Waals surface area contributed by atoms with Gasteiger partial charge in [0.2, 0.25) is 10.0 Å². The van der Waals surface area contributed by atoms with Gasteiger partial charge in [0.25, 0.3) is 0 Å². The maximum atomic E-state index is 12.5. The van der Waals surface area contributed by atoms with Crippen LogP contribution in [0.2, 0.25) is 0 Å². The van der Waals surface area contributed by atoms with Crippen molar-refractivity contribution in [2.45, 2.75) is 30.6 Å². The predicted molar refractivity (Wildman–Crippen MR) is 82.4 cm³/mol. The molecule has 0 spiro atoms. The molecular formula is C14H23N3O2S. The van der Waals surface area contributed by atoms with Gasteiger partial charge < -0.3 is 10.6 Å². The van der Waals surface area contributed by atoms with Crippen LogP contribution in [0, 0.1) is 0 Å². The Morgan fingerprint density at radius 3 is 2.25 bits per heavy atom. The minimum Gasteiger partial charge on any atom is -0.399 e. The summed E-state index contributed by atoms with van der Waals surface area (Å²) in [5, 5.41) is 0. The molecule has 0 aliphatic carbocycles. The van der Waals surface area contributed by atoms with E-state index in [1.54, 1.807) is 26.2 Å². The Balaban J connectivity index is 2.47. The second-order valence-corrected chi connectivity index (χ2v) is 7.54. The third-order valence-corrected chi connectivity index (χ3v) is 5.53. The third-order valence-electron chi connectivity index (χ3n) is 3.69. The maximum absolute atomic E-state index is 12.5. The molecule has 1 heterocycles. The van der Waals surface area contributed by atoms with E-state index in [9.17, 15) is 8.42 Å². The van der Waals surface area contributed by atoms with Crippen LogP contribution in [0.1, 0.15) is 25.7 Å². The lowest BCUT2D eigenvalue weighted by molar-refractivity contribution is 0.520. The van der Waals surface area contributed by atoms with Crippen molar-refractivity contribution in [3.05, 3.63) is 18.2 Å². The Bertz CT molecular complexity index is 562. The zero-order valence-electron chi connectivity index (χ0n) is 12.2. The summed E-state index contributed by atoms with van der Waals surface area (Å²) in [6.45, 7) is 1.81. The molecule has 6 heteroatoms. The number of nitrogens with two attached hydrogens (primary N) is 1. The number of nitrogen functional groups attached to an aromatic ring is 1. The van der Waals surface area contributed by atoms with Crippen molar-refractivity contribution >= 4 is 21.4 Å². The molecule has 0 amide bonds. The lowest BCUT2D eigenvalue weighted by atomic mass is 10.2. The van der Waals surface area contributed by atoms with E-state index in [1.165, 1.54) is 17.1 Å². The molecule has 112 valence electrons. The van der Waals surface area contributed by atoms with Gasteiger partial charge in [0.05, 0.1) is 5.69 Å². The smallest absolute Gasteiger partial charge is 0.244 e. The Hall–Kier alpha value is -1.27. The number of rotatable bonds is 3. The molecule has 2 N–H and O–H groups in total. The van der Waals surface area contributed by atoms with Crippen LogP contribution in [0.5, 0.6) is 0 Å². The van der Waals surface area contributed by atoms with E-state index in [0.717, 1.165) is 31.6 Å². The molecule has 0 radical (unpaired) electrons. The Morgan fingerprint density at radius 1 is 1.10 bits per heavy atom. The van der Waals surface area contributed by atoms with E-state index >= 15 is 0 Å². The molecule has 0 bridgehead atoms. The monoisotopic (exact) mass is 297 g/mol. The Kier molecular flexibility index (Phi) is 4.55. The van der Waals surface area contributed by atoms with Gasteiger partial charge in [-0.1, -0.05) is 12.8 Å². The van der Waals surface area contributed by atoms with Crippen LogP contribution in [0.4, 0.5) is 11.4 Å². The molecule has 5 nitrogen and oxygen atoms in total. The summed E-state index contributed by atoms with van der Waals surface area (Å²) < 4.78 is 26.2. The van der Waals surface area contributed by atoms with Gasteiger partial charge in [-0.25, -0.2) is 12.7 Å². The van der Waals surface area contributed by atoms with E-state index in [2.05, 4.69) is 4.90 Å². The van der Waals surface area contributed by atoms with Crippen LogP contribution in [0.3, 0.4) is 0 Å². The number of hydrogen-bond acceptors (Lipinski definition) is 4. The quantitative estimate of drug-likeness (QED) is 0.865. The lowest BCUT2D eigenvalue weighted by Gasteiger charge is -2.26. The fourth-order valence-corrected chi connectivity index (χ4v) is 3.65. The fourth-order valence-electron chi connectivity index (χ4n) is 2.51. The predicted octanol–water partition coefficient (Wildman–Crippen LogP) is 1.90. The summed E-state index contributed by atoms with van der Waals surface area (Å²) in [6.07, 6.45) is 4.63. The van der Waals surface area contributed by atoms with Crippen LogP contribution in [0.15, 0.2) is 23.1 Å². The highest BCUT2D eigenvalue weighted by Gasteiger charge is 2.24. The number of nitrogens with zero attached hydrogens (tertiary/aromatic N) is 2. The molecule has 0 aromatic heterocycles. The van der Waals surface area contributed by atoms with E-state index in [-0.39, 0.29) is 0 Å². The van der Waals surface area contributed by atoms with Gasteiger partial charge in [-0.15, -0.1) is 0 Å². The van der Waals surface area contributed by atoms with Crippen molar-refractivity contribution in [2.24, 2.45) is 0 Å². The summed E-state index contributed by atoms with van der Waals surface area (Å²) in [5.41, 5.74) is 7.03. The average Bonchev–Trinajstić information content (AvgIpc) is 2.67. The van der Waals surface area contributed by atoms with Crippen molar-refractivity contribution in [1.82, 2.24) is 4.31 Å². The average molecular weight is 297 g/mol. The summed E-state index contributed by atoms with van der Waals surface area (Å²) in [7, 11) is -0.387. The number of benzene rings is 1. The van der Waals surface area contributed by atoms with Gasteiger partial charge in [-0.05, 0) is 31.0 Å². The van der Waals surface area contributed by atoms with Gasteiger partial charge in [0, 0.05) is 32.9 Å². The molecule has 2 rings (SSSR count). The summed E-state index contributed by atoms with van der Waals surface area (Å²) >= 11 is 0. The van der Waals surface area contributed by atoms with Crippen molar-refractivity contribution < 1.29 is 8.42 Å². The van der Waals surface area contributed by atoms with Gasteiger partial charge in [-0.3, -0.25) is 0 Å². The first-order valence-corrected chi connectivity index (χ1v) is 8.44. The van der Waals surface area contributed by atoms with Crippen molar-refractivity contribution in [2.75, 3.05) is 37.8 Å². The highest BCUT2D eigenvalue weighted by Crippen LogP contribution is 2.30. The summed E-state index contributed by atoms with van der Waals surface area (Å²) in [6, 6.07) is 5.17. The zero-order valence-corrected chi connectivity index (χ0v) is 13.0. The summed E-state index contributed by atoms with van der Waals surface area (Å²) in [5.74, 6) is 0. The van der Waals surface area contributed by atoms with Crippen molar-refractivity contribution in [3.8, 4) is 0 Å². The van der Waals surface area contributed by atoms with Gasteiger partial charge in [0.1, 0.15) is 4.90 Å². The minimum absolute atomic E-state index is 0.310. The maximum Gasteiger partial charge on any atom is 0.244 e. The number of anilines is 2. The molecule has 1 saturated heterocycles. The second kappa shape index (κ2) is 6.01. The van der Waals surface area contributed by atoms with Gasteiger partial charge in [-0.2, -0.15) is 0 Å². The van der Waals surface area contributed by atoms with Gasteiger partial charge >= 0.3 is 0 Å². The third kappa shape index (κ3) is 3.07. The largest absolute Gasteiger partial charge is 0.399 e. The topological polar surface area (TPSA) is 66.6 Å². The molecule has 1 aromatic rings. The molecule has 1 aliphatic rings. The van der Waals surface area contributed by atoms with Crippen LogP contribution in [-0.4, -0.2) is 39.9 Å². The van der Waals surface area contributed by atoms with Gasteiger partial charge in [0.15, 0.2) is 0 Å². The first-order valence-electron chi connectivity index (χ1n) is 7.00. The molecule has 1 aromatic carbocycles. The van der Waals surface area contributed by atoms with Crippen molar-refractivity contribution in [3.63, 3.8) is 0 Å². The Labute approximate surface area is 121 Å². The van der Waals surface area contributed by atoms with Crippen LogP contribution >= 0.6 is 0 Å². The second-order valence-electron chi connectivity index (χ2n) is 5.42. The Morgan fingerprint density at radius 2 is 1.70 bits per heavy atom. The highest BCUT2D eigenvalue weighted by atomic mass is 32.2. The minimum atomic E-state index is -3.48. The molecule has 0 unspecified atom stereocenters. The zero-order chi connectivity index (χ0) is 14.8. The van der Waals surface area contributed by atoms with Crippen LogP contribution in [-0.2, 0) is 10.0 Å². The fraction of sp³-hybridized carbons (Fsp3) is 0.571. The molecule has 1 aliphatic heterocycles. The van der Waals surface area contributed by atoms with Crippen molar-refractivity contribution in [1.29, 1.82) is 0 Å². The molecule has 1 fully saturated rings. The molecule has 20 heavy (non-hydrogen) atoms. The molecule has 0 saturated carbocycles. The summed E-state index contributed by atoms with van der Waals surface area (Å²) in [4.78, 5) is 2.48. The first-order chi connectivity index (χ1) is 9.43. The lowest BCUT2D eigenvalue weighted by Crippen LogP contribution is -2.29. The van der Waals surface area contributed by atoms with Crippen LogP contribution < -0.4 is 10.6 Å². The number of hydrogen-bond donors (Lipinski definition) is 1. The van der Waals surface area contributed by atoms with E-state index in [0.29, 0.717) is 10.6 Å². The van der Waals surface area contributed by atoms with Crippen LogP contribution in [0.25, 0.3) is 0 Å². The SMILES string of the molecule is CN(C)S(=O)(=O)c1cc(N)ccc1N1CCCCCC1. The molecular weight excluding hydrogens is 274 g/mol. The first kappa shape index (κ1) is 15.1. The normalized spacial score (nSPS) is 17.2. The van der Waals surface area contributed by atoms with E-state index in [1.807, 2.05) is 6.07 Å².